The minimum atomic E-state index is -1.06. The Bertz CT molecular complexity index is 386. The molecule has 3 nitrogen and oxygen atoms in total. The summed E-state index contributed by atoms with van der Waals surface area (Å²) in [6.45, 7) is 6.07. The minimum absolute atomic E-state index is 0.385. The zero-order valence-corrected chi connectivity index (χ0v) is 10.7. The van der Waals surface area contributed by atoms with Crippen molar-refractivity contribution in [2.45, 2.75) is 37.6 Å². The van der Waals surface area contributed by atoms with Crippen molar-refractivity contribution in [3.8, 4) is 0 Å². The van der Waals surface area contributed by atoms with E-state index in [9.17, 15) is 4.21 Å². The van der Waals surface area contributed by atoms with Gasteiger partial charge in [-0.3, -0.25) is 0 Å². The summed E-state index contributed by atoms with van der Waals surface area (Å²) < 4.78 is 14.2. The van der Waals surface area contributed by atoms with E-state index in [1.54, 1.807) is 0 Å². The highest BCUT2D eigenvalue weighted by Crippen LogP contribution is 2.18. The standard InChI is InChI=1S/C12H18N2OS/c1-10(2)11-6-5-7-12(13-11)16(15)14-8-3-4-9-14/h5-7,10H,3-4,8-9H2,1-2H3. The van der Waals surface area contributed by atoms with E-state index in [1.165, 1.54) is 0 Å². The van der Waals surface area contributed by atoms with E-state index in [0.29, 0.717) is 10.9 Å². The van der Waals surface area contributed by atoms with Gasteiger partial charge in [0.1, 0.15) is 16.0 Å². The number of nitrogens with zero attached hydrogens (tertiary/aromatic N) is 2. The largest absolute Gasteiger partial charge is 0.242 e. The highest BCUT2D eigenvalue weighted by Gasteiger charge is 2.20. The van der Waals surface area contributed by atoms with Gasteiger partial charge in [0, 0.05) is 18.8 Å². The van der Waals surface area contributed by atoms with Gasteiger partial charge in [-0.15, -0.1) is 0 Å². The van der Waals surface area contributed by atoms with Crippen LogP contribution in [-0.2, 0) is 11.0 Å². The van der Waals surface area contributed by atoms with Gasteiger partial charge in [0.2, 0.25) is 0 Å². The van der Waals surface area contributed by atoms with Gasteiger partial charge in [-0.25, -0.2) is 13.5 Å². The molecule has 16 heavy (non-hydrogen) atoms. The Morgan fingerprint density at radius 1 is 1.31 bits per heavy atom. The zero-order valence-electron chi connectivity index (χ0n) is 9.85. The summed E-state index contributed by atoms with van der Waals surface area (Å²) in [5.74, 6) is 0.385. The van der Waals surface area contributed by atoms with Crippen molar-refractivity contribution in [2.75, 3.05) is 13.1 Å². The van der Waals surface area contributed by atoms with E-state index in [-0.39, 0.29) is 0 Å². The van der Waals surface area contributed by atoms with Gasteiger partial charge in [0.25, 0.3) is 0 Å². The van der Waals surface area contributed by atoms with Crippen LogP contribution in [0.15, 0.2) is 23.2 Å². The van der Waals surface area contributed by atoms with Crippen LogP contribution in [0.1, 0.15) is 38.3 Å². The summed E-state index contributed by atoms with van der Waals surface area (Å²) in [4.78, 5) is 4.47. The molecule has 0 amide bonds. The van der Waals surface area contributed by atoms with Crippen molar-refractivity contribution in [1.29, 1.82) is 0 Å². The Balaban J connectivity index is 2.19. The molecule has 4 heteroatoms. The van der Waals surface area contributed by atoms with E-state index in [0.717, 1.165) is 31.6 Å². The molecule has 0 spiro atoms. The number of hydrogen-bond acceptors (Lipinski definition) is 2. The van der Waals surface area contributed by atoms with Gasteiger partial charge in [-0.1, -0.05) is 19.9 Å². The second-order valence-electron chi connectivity index (χ2n) is 4.44. The molecule has 1 aliphatic rings. The lowest BCUT2D eigenvalue weighted by Gasteiger charge is -2.14. The maximum Gasteiger partial charge on any atom is 0.146 e. The molecule has 2 rings (SSSR count). The highest BCUT2D eigenvalue weighted by molar-refractivity contribution is 7.82. The van der Waals surface area contributed by atoms with Crippen molar-refractivity contribution in [3.63, 3.8) is 0 Å². The Labute approximate surface area is 99.5 Å². The number of hydrogen-bond donors (Lipinski definition) is 0. The molecular formula is C12H18N2OS. The summed E-state index contributed by atoms with van der Waals surface area (Å²) >= 11 is 0. The van der Waals surface area contributed by atoms with Crippen LogP contribution in [0, 0.1) is 0 Å². The van der Waals surface area contributed by atoms with Crippen molar-refractivity contribution < 1.29 is 4.21 Å². The molecule has 1 aromatic rings. The van der Waals surface area contributed by atoms with Crippen molar-refractivity contribution >= 4 is 11.0 Å². The first kappa shape index (κ1) is 11.7. The second kappa shape index (κ2) is 5.06. The normalized spacial score (nSPS) is 19.2. The Hall–Kier alpha value is -0.740. The van der Waals surface area contributed by atoms with Gasteiger partial charge in [0.15, 0.2) is 0 Å². The fraction of sp³-hybridized carbons (Fsp3) is 0.583. The monoisotopic (exact) mass is 238 g/mol. The highest BCUT2D eigenvalue weighted by atomic mass is 32.2. The predicted molar refractivity (Wildman–Crippen MR) is 65.5 cm³/mol. The minimum Gasteiger partial charge on any atom is -0.242 e. The Morgan fingerprint density at radius 3 is 2.62 bits per heavy atom. The molecule has 0 aliphatic carbocycles. The first-order valence-electron chi connectivity index (χ1n) is 5.82. The van der Waals surface area contributed by atoms with Crippen LogP contribution in [0.5, 0.6) is 0 Å². The average Bonchev–Trinajstić information content (AvgIpc) is 2.81. The average molecular weight is 238 g/mol. The maximum atomic E-state index is 12.2. The van der Waals surface area contributed by atoms with E-state index >= 15 is 0 Å². The molecule has 1 atom stereocenters. The molecule has 1 fully saturated rings. The molecule has 0 saturated carbocycles. The van der Waals surface area contributed by atoms with Crippen LogP contribution < -0.4 is 0 Å². The van der Waals surface area contributed by atoms with Crippen LogP contribution in [-0.4, -0.2) is 26.6 Å². The third-order valence-corrected chi connectivity index (χ3v) is 4.23. The van der Waals surface area contributed by atoms with Gasteiger partial charge >= 0.3 is 0 Å². The van der Waals surface area contributed by atoms with E-state index < -0.39 is 11.0 Å². The quantitative estimate of drug-likeness (QED) is 0.809. The fourth-order valence-electron chi connectivity index (χ4n) is 1.84. The lowest BCUT2D eigenvalue weighted by molar-refractivity contribution is 0.532. The third kappa shape index (κ3) is 2.50. The third-order valence-electron chi connectivity index (χ3n) is 2.82. The summed E-state index contributed by atoms with van der Waals surface area (Å²) in [6.07, 6.45) is 2.30. The predicted octanol–water partition coefficient (Wildman–Crippen LogP) is 2.32. The van der Waals surface area contributed by atoms with E-state index in [4.69, 9.17) is 0 Å². The number of rotatable bonds is 3. The van der Waals surface area contributed by atoms with E-state index in [2.05, 4.69) is 18.8 Å². The molecule has 0 N–H and O–H groups in total. The molecule has 1 aromatic heterocycles. The van der Waals surface area contributed by atoms with Crippen LogP contribution in [0.2, 0.25) is 0 Å². The van der Waals surface area contributed by atoms with Crippen LogP contribution in [0.25, 0.3) is 0 Å². The molecule has 0 radical (unpaired) electrons. The molecule has 88 valence electrons. The SMILES string of the molecule is CC(C)c1cccc(S(=O)N2CCCC2)n1. The molecular weight excluding hydrogens is 220 g/mol. The summed E-state index contributed by atoms with van der Waals surface area (Å²) in [5.41, 5.74) is 1.02. The van der Waals surface area contributed by atoms with Crippen molar-refractivity contribution in [2.24, 2.45) is 0 Å². The van der Waals surface area contributed by atoms with Gasteiger partial charge in [-0.2, -0.15) is 0 Å². The summed E-state index contributed by atoms with van der Waals surface area (Å²) in [6, 6.07) is 5.81. The fourth-order valence-corrected chi connectivity index (χ4v) is 3.07. The van der Waals surface area contributed by atoms with Gasteiger partial charge in [-0.05, 0) is 30.9 Å². The Kier molecular flexibility index (Phi) is 3.71. The second-order valence-corrected chi connectivity index (χ2v) is 5.87. The zero-order chi connectivity index (χ0) is 11.5. The first-order chi connectivity index (χ1) is 7.68. The Morgan fingerprint density at radius 2 is 2.00 bits per heavy atom. The lowest BCUT2D eigenvalue weighted by atomic mass is 10.1. The molecule has 1 aliphatic heterocycles. The van der Waals surface area contributed by atoms with Crippen LogP contribution in [0.3, 0.4) is 0 Å². The van der Waals surface area contributed by atoms with Gasteiger partial charge < -0.3 is 0 Å². The maximum absolute atomic E-state index is 12.2. The first-order valence-corrected chi connectivity index (χ1v) is 6.93. The number of aromatic nitrogens is 1. The summed E-state index contributed by atoms with van der Waals surface area (Å²) in [5, 5.41) is 0.702. The molecule has 0 bridgehead atoms. The smallest absolute Gasteiger partial charge is 0.146 e. The lowest BCUT2D eigenvalue weighted by Crippen LogP contribution is -2.23. The molecule has 2 heterocycles. The van der Waals surface area contributed by atoms with Crippen molar-refractivity contribution in [1.82, 2.24) is 9.29 Å². The van der Waals surface area contributed by atoms with E-state index in [1.807, 2.05) is 22.5 Å². The van der Waals surface area contributed by atoms with Gasteiger partial charge in [0.05, 0.1) is 0 Å². The van der Waals surface area contributed by atoms with Crippen molar-refractivity contribution in [3.05, 3.63) is 23.9 Å². The van der Waals surface area contributed by atoms with Crippen LogP contribution >= 0.6 is 0 Å². The molecule has 1 saturated heterocycles. The molecule has 0 aromatic carbocycles. The topological polar surface area (TPSA) is 33.2 Å². The van der Waals surface area contributed by atoms with Crippen LogP contribution in [0.4, 0.5) is 0 Å². The summed E-state index contributed by atoms with van der Waals surface area (Å²) in [7, 11) is -1.06. The number of pyridine rings is 1. The molecule has 1 unspecified atom stereocenters.